The van der Waals surface area contributed by atoms with Gasteiger partial charge in [-0.1, -0.05) is 67.9 Å². The normalized spacial score (nSPS) is 12.6. The third-order valence-corrected chi connectivity index (χ3v) is 4.27. The minimum atomic E-state index is 0.397. The number of hydrogen-bond acceptors (Lipinski definition) is 1. The van der Waals surface area contributed by atoms with Crippen molar-refractivity contribution < 1.29 is 0 Å². The van der Waals surface area contributed by atoms with E-state index < -0.39 is 0 Å². The Kier molecular flexibility index (Phi) is 5.84. The first-order valence-corrected chi connectivity index (χ1v) is 7.97. The van der Waals surface area contributed by atoms with Gasteiger partial charge in [-0.15, -0.1) is 0 Å². The molecule has 0 amide bonds. The van der Waals surface area contributed by atoms with Gasteiger partial charge in [0.25, 0.3) is 0 Å². The third kappa shape index (κ3) is 4.33. The lowest BCUT2D eigenvalue weighted by atomic mass is 9.91. The molecule has 0 heterocycles. The molecule has 112 valence electrons. The molecule has 0 aliphatic rings. The molecule has 1 unspecified atom stereocenters. The van der Waals surface area contributed by atoms with Crippen molar-refractivity contribution in [3.63, 3.8) is 0 Å². The van der Waals surface area contributed by atoms with Gasteiger partial charge >= 0.3 is 0 Å². The Labute approximate surface area is 133 Å². The van der Waals surface area contributed by atoms with Crippen LogP contribution in [0.15, 0.2) is 48.5 Å². The molecule has 0 saturated heterocycles. The number of halogens is 1. The molecule has 2 heteroatoms. The molecule has 0 fully saturated rings. The van der Waals surface area contributed by atoms with E-state index in [2.05, 4.69) is 55.6 Å². The van der Waals surface area contributed by atoms with Gasteiger partial charge in [-0.2, -0.15) is 0 Å². The van der Waals surface area contributed by atoms with Gasteiger partial charge < -0.3 is 5.32 Å². The molecule has 1 atom stereocenters. The van der Waals surface area contributed by atoms with Crippen molar-refractivity contribution in [2.75, 3.05) is 13.6 Å². The van der Waals surface area contributed by atoms with Crippen molar-refractivity contribution in [1.82, 2.24) is 5.32 Å². The number of nitrogens with one attached hydrogen (secondary N) is 1. The summed E-state index contributed by atoms with van der Waals surface area (Å²) in [5, 5.41) is 4.14. The van der Waals surface area contributed by atoms with Crippen LogP contribution in [0, 0.1) is 0 Å². The van der Waals surface area contributed by atoms with Crippen LogP contribution in [0.1, 0.15) is 42.4 Å². The van der Waals surface area contributed by atoms with Crippen LogP contribution in [0.4, 0.5) is 0 Å². The minimum Gasteiger partial charge on any atom is -0.319 e. The van der Waals surface area contributed by atoms with E-state index in [1.165, 1.54) is 16.7 Å². The summed E-state index contributed by atoms with van der Waals surface area (Å²) in [5.41, 5.74) is 3.97. The van der Waals surface area contributed by atoms with E-state index in [0.29, 0.717) is 11.8 Å². The number of rotatable bonds is 6. The molecule has 0 radical (unpaired) electrons. The van der Waals surface area contributed by atoms with E-state index in [4.69, 9.17) is 11.6 Å². The van der Waals surface area contributed by atoms with Gasteiger partial charge in [-0.05, 0) is 42.1 Å². The summed E-state index contributed by atoms with van der Waals surface area (Å²) in [5.74, 6) is 0.976. The van der Waals surface area contributed by atoms with Crippen LogP contribution in [0.2, 0.25) is 5.02 Å². The average molecular weight is 302 g/mol. The average Bonchev–Trinajstić information content (AvgIpc) is 2.48. The van der Waals surface area contributed by atoms with E-state index in [-0.39, 0.29) is 0 Å². The first-order chi connectivity index (χ1) is 10.1. The number of hydrogen-bond donors (Lipinski definition) is 1. The molecule has 0 aliphatic carbocycles. The van der Waals surface area contributed by atoms with E-state index in [1.807, 2.05) is 19.2 Å². The monoisotopic (exact) mass is 301 g/mol. The predicted molar refractivity (Wildman–Crippen MR) is 92.4 cm³/mol. The van der Waals surface area contributed by atoms with Crippen LogP contribution in [-0.4, -0.2) is 13.6 Å². The fraction of sp³-hybridized carbons (Fsp3) is 0.368. The van der Waals surface area contributed by atoms with Crippen LogP contribution in [-0.2, 0) is 6.42 Å². The Balaban J connectivity index is 2.18. The molecule has 0 aromatic heterocycles. The van der Waals surface area contributed by atoms with Gasteiger partial charge in [0, 0.05) is 17.5 Å². The number of likely N-dealkylation sites (N-methyl/N-ethyl adjacent to an activating group) is 1. The Morgan fingerprint density at radius 2 is 1.67 bits per heavy atom. The fourth-order valence-corrected chi connectivity index (χ4v) is 2.96. The summed E-state index contributed by atoms with van der Waals surface area (Å²) in [6.45, 7) is 5.38. The fourth-order valence-electron chi connectivity index (χ4n) is 2.67. The van der Waals surface area contributed by atoms with Crippen LogP contribution in [0.5, 0.6) is 0 Å². The topological polar surface area (TPSA) is 12.0 Å². The summed E-state index contributed by atoms with van der Waals surface area (Å²) >= 11 is 6.36. The molecular formula is C19H24ClN. The standard InChI is InChI=1S/C19H24ClN/c1-14(2)16-10-8-15(9-11-16)12-17(13-21-3)18-6-4-5-7-19(18)20/h4-11,14,17,21H,12-13H2,1-3H3. The summed E-state index contributed by atoms with van der Waals surface area (Å²) < 4.78 is 0. The Bertz CT molecular complexity index is 560. The zero-order valence-corrected chi connectivity index (χ0v) is 13.8. The smallest absolute Gasteiger partial charge is 0.0441 e. The lowest BCUT2D eigenvalue weighted by Crippen LogP contribution is -2.19. The summed E-state index contributed by atoms with van der Waals surface area (Å²) in [6, 6.07) is 17.1. The van der Waals surface area contributed by atoms with E-state index >= 15 is 0 Å². The second-order valence-corrected chi connectivity index (χ2v) is 6.28. The molecule has 1 N–H and O–H groups in total. The Morgan fingerprint density at radius 1 is 1.00 bits per heavy atom. The van der Waals surface area contributed by atoms with E-state index in [1.54, 1.807) is 0 Å². The zero-order chi connectivity index (χ0) is 15.2. The van der Waals surface area contributed by atoms with Crippen molar-refractivity contribution in [2.24, 2.45) is 0 Å². The predicted octanol–water partition coefficient (Wildman–Crippen LogP) is 5.01. The molecule has 0 bridgehead atoms. The molecule has 0 spiro atoms. The van der Waals surface area contributed by atoms with Crippen molar-refractivity contribution in [3.8, 4) is 0 Å². The van der Waals surface area contributed by atoms with Gasteiger partial charge in [0.2, 0.25) is 0 Å². The zero-order valence-electron chi connectivity index (χ0n) is 13.1. The van der Waals surface area contributed by atoms with Crippen molar-refractivity contribution >= 4 is 11.6 Å². The van der Waals surface area contributed by atoms with Crippen molar-refractivity contribution in [3.05, 3.63) is 70.2 Å². The molecule has 2 rings (SSSR count). The molecule has 21 heavy (non-hydrogen) atoms. The first-order valence-electron chi connectivity index (χ1n) is 7.59. The quantitative estimate of drug-likeness (QED) is 0.791. The lowest BCUT2D eigenvalue weighted by molar-refractivity contribution is 0.626. The van der Waals surface area contributed by atoms with Crippen LogP contribution < -0.4 is 5.32 Å². The largest absolute Gasteiger partial charge is 0.319 e. The maximum atomic E-state index is 6.36. The highest BCUT2D eigenvalue weighted by atomic mass is 35.5. The Hall–Kier alpha value is -1.31. The highest BCUT2D eigenvalue weighted by Crippen LogP contribution is 2.27. The second kappa shape index (κ2) is 7.63. The summed E-state index contributed by atoms with van der Waals surface area (Å²) in [7, 11) is 1.99. The second-order valence-electron chi connectivity index (χ2n) is 5.88. The maximum Gasteiger partial charge on any atom is 0.0441 e. The van der Waals surface area contributed by atoms with Gasteiger partial charge in [0.05, 0.1) is 0 Å². The highest BCUT2D eigenvalue weighted by molar-refractivity contribution is 6.31. The third-order valence-electron chi connectivity index (χ3n) is 3.92. The van der Waals surface area contributed by atoms with Gasteiger partial charge in [0.15, 0.2) is 0 Å². The molecule has 0 aliphatic heterocycles. The lowest BCUT2D eigenvalue weighted by Gasteiger charge is -2.19. The van der Waals surface area contributed by atoms with E-state index in [9.17, 15) is 0 Å². The van der Waals surface area contributed by atoms with Gasteiger partial charge in [-0.25, -0.2) is 0 Å². The number of benzene rings is 2. The molecule has 0 saturated carbocycles. The van der Waals surface area contributed by atoms with E-state index in [0.717, 1.165) is 18.0 Å². The maximum absolute atomic E-state index is 6.36. The van der Waals surface area contributed by atoms with Gasteiger partial charge in [0.1, 0.15) is 0 Å². The van der Waals surface area contributed by atoms with Crippen LogP contribution in [0.3, 0.4) is 0 Å². The summed E-state index contributed by atoms with van der Waals surface area (Å²) in [4.78, 5) is 0. The molecule has 1 nitrogen and oxygen atoms in total. The molecular weight excluding hydrogens is 278 g/mol. The molecule has 2 aromatic carbocycles. The molecule has 2 aromatic rings. The van der Waals surface area contributed by atoms with Crippen LogP contribution >= 0.6 is 11.6 Å². The summed E-state index contributed by atoms with van der Waals surface area (Å²) in [6.07, 6.45) is 1.00. The van der Waals surface area contributed by atoms with Crippen molar-refractivity contribution in [2.45, 2.75) is 32.1 Å². The highest BCUT2D eigenvalue weighted by Gasteiger charge is 2.14. The minimum absolute atomic E-state index is 0.397. The van der Waals surface area contributed by atoms with Crippen LogP contribution in [0.25, 0.3) is 0 Å². The SMILES string of the molecule is CNCC(Cc1ccc(C(C)C)cc1)c1ccccc1Cl. The Morgan fingerprint density at radius 3 is 2.24 bits per heavy atom. The van der Waals surface area contributed by atoms with Gasteiger partial charge in [-0.3, -0.25) is 0 Å². The van der Waals surface area contributed by atoms with Crippen molar-refractivity contribution in [1.29, 1.82) is 0 Å². The first kappa shape index (κ1) is 16.1.